The lowest BCUT2D eigenvalue weighted by Crippen LogP contribution is -2.16. The zero-order valence-corrected chi connectivity index (χ0v) is 16.0. The van der Waals surface area contributed by atoms with Crippen molar-refractivity contribution in [2.24, 2.45) is 7.05 Å². The molecule has 3 heterocycles. The van der Waals surface area contributed by atoms with Gasteiger partial charge in [0.1, 0.15) is 0 Å². The number of nitrogens with one attached hydrogen (secondary N) is 1. The van der Waals surface area contributed by atoms with Crippen molar-refractivity contribution in [1.29, 1.82) is 0 Å². The van der Waals surface area contributed by atoms with Crippen LogP contribution in [0.2, 0.25) is 0 Å². The molecular weight excluding hydrogens is 364 g/mol. The number of anilines is 1. The van der Waals surface area contributed by atoms with E-state index in [1.165, 1.54) is 0 Å². The standard InChI is InChI=1S/C22H18N6O/c1-14-17-12-15(13-23-20(17)27(2)26-14)21(29)25-22-24-18-10-6-7-11-19(18)28(22)16-8-4-3-5-9-16/h3-13H,1-2H3,(H,24,25,29). The van der Waals surface area contributed by atoms with E-state index in [1.54, 1.807) is 10.9 Å². The summed E-state index contributed by atoms with van der Waals surface area (Å²) in [5.41, 5.74) is 4.69. The largest absolute Gasteiger partial charge is 0.291 e. The molecule has 0 radical (unpaired) electrons. The van der Waals surface area contributed by atoms with E-state index in [0.717, 1.165) is 33.4 Å². The second kappa shape index (κ2) is 6.56. The average Bonchev–Trinajstić information content (AvgIpc) is 3.25. The molecule has 1 amide bonds. The molecule has 3 aromatic heterocycles. The number of pyridine rings is 1. The summed E-state index contributed by atoms with van der Waals surface area (Å²) in [5.74, 6) is 0.195. The van der Waals surface area contributed by atoms with Gasteiger partial charge in [0.05, 0.1) is 22.3 Å². The van der Waals surface area contributed by atoms with Crippen molar-refractivity contribution in [1.82, 2.24) is 24.3 Å². The smallest absolute Gasteiger partial charge is 0.259 e. The average molecular weight is 382 g/mol. The van der Waals surface area contributed by atoms with Gasteiger partial charge in [0, 0.05) is 24.3 Å². The van der Waals surface area contributed by atoms with E-state index in [9.17, 15) is 4.79 Å². The summed E-state index contributed by atoms with van der Waals surface area (Å²) in [7, 11) is 1.84. The van der Waals surface area contributed by atoms with Crippen molar-refractivity contribution in [3.05, 3.63) is 78.1 Å². The molecule has 0 spiro atoms. The van der Waals surface area contributed by atoms with Crippen LogP contribution in [0, 0.1) is 6.92 Å². The minimum absolute atomic E-state index is 0.268. The number of carbonyl (C=O) groups is 1. The molecule has 1 N–H and O–H groups in total. The third-order valence-corrected chi connectivity index (χ3v) is 4.93. The van der Waals surface area contributed by atoms with E-state index in [2.05, 4.69) is 20.4 Å². The predicted molar refractivity (Wildman–Crippen MR) is 112 cm³/mol. The van der Waals surface area contributed by atoms with Crippen LogP contribution in [0.15, 0.2) is 66.9 Å². The van der Waals surface area contributed by atoms with Crippen molar-refractivity contribution in [2.45, 2.75) is 6.92 Å². The molecule has 7 heteroatoms. The maximum atomic E-state index is 13.0. The third-order valence-electron chi connectivity index (χ3n) is 4.93. The molecule has 0 bridgehead atoms. The van der Waals surface area contributed by atoms with Gasteiger partial charge in [0.25, 0.3) is 5.91 Å². The molecule has 7 nitrogen and oxygen atoms in total. The van der Waals surface area contributed by atoms with E-state index < -0.39 is 0 Å². The second-order valence-electron chi connectivity index (χ2n) is 6.85. The molecule has 0 atom stereocenters. The van der Waals surface area contributed by atoms with Gasteiger partial charge in [-0.1, -0.05) is 30.3 Å². The number of hydrogen-bond acceptors (Lipinski definition) is 4. The molecule has 2 aromatic carbocycles. The topological polar surface area (TPSA) is 77.6 Å². The van der Waals surface area contributed by atoms with Crippen LogP contribution in [0.4, 0.5) is 5.95 Å². The second-order valence-corrected chi connectivity index (χ2v) is 6.85. The van der Waals surface area contributed by atoms with E-state index >= 15 is 0 Å². The fraction of sp³-hybridized carbons (Fsp3) is 0.0909. The molecule has 0 saturated carbocycles. The summed E-state index contributed by atoms with van der Waals surface area (Å²) >= 11 is 0. The molecule has 29 heavy (non-hydrogen) atoms. The fourth-order valence-electron chi connectivity index (χ4n) is 3.55. The third kappa shape index (κ3) is 2.84. The zero-order chi connectivity index (χ0) is 20.0. The van der Waals surface area contributed by atoms with Crippen LogP contribution in [0.25, 0.3) is 27.8 Å². The number of nitrogens with zero attached hydrogens (tertiary/aromatic N) is 5. The van der Waals surface area contributed by atoms with Gasteiger partial charge in [-0.15, -0.1) is 0 Å². The van der Waals surface area contributed by atoms with E-state index in [1.807, 2.05) is 79.2 Å². The maximum absolute atomic E-state index is 13.0. The van der Waals surface area contributed by atoms with Gasteiger partial charge in [-0.25, -0.2) is 9.97 Å². The van der Waals surface area contributed by atoms with Gasteiger partial charge in [-0.2, -0.15) is 5.10 Å². The van der Waals surface area contributed by atoms with Crippen molar-refractivity contribution >= 4 is 33.9 Å². The number of imidazole rings is 1. The van der Waals surface area contributed by atoms with Crippen molar-refractivity contribution in [2.75, 3.05) is 5.32 Å². The van der Waals surface area contributed by atoms with Gasteiger partial charge in [0.2, 0.25) is 5.95 Å². The highest BCUT2D eigenvalue weighted by Crippen LogP contribution is 2.25. The lowest BCUT2D eigenvalue weighted by molar-refractivity contribution is 0.102. The number of hydrogen-bond donors (Lipinski definition) is 1. The zero-order valence-electron chi connectivity index (χ0n) is 16.0. The van der Waals surface area contributed by atoms with Gasteiger partial charge in [-0.3, -0.25) is 19.4 Å². The Balaban J connectivity index is 1.58. The Morgan fingerprint density at radius 1 is 1.03 bits per heavy atom. The summed E-state index contributed by atoms with van der Waals surface area (Å²) in [5, 5.41) is 8.17. The Morgan fingerprint density at radius 3 is 2.62 bits per heavy atom. The molecular formula is C22H18N6O. The van der Waals surface area contributed by atoms with Crippen molar-refractivity contribution < 1.29 is 4.79 Å². The number of aromatic nitrogens is 5. The number of para-hydroxylation sites is 3. The van der Waals surface area contributed by atoms with Crippen LogP contribution in [0.1, 0.15) is 16.1 Å². The minimum Gasteiger partial charge on any atom is -0.291 e. The number of amides is 1. The first-order valence-electron chi connectivity index (χ1n) is 9.25. The fourth-order valence-corrected chi connectivity index (χ4v) is 3.55. The number of rotatable bonds is 3. The van der Waals surface area contributed by atoms with Crippen molar-refractivity contribution in [3.63, 3.8) is 0 Å². The molecule has 0 saturated heterocycles. The minimum atomic E-state index is -0.268. The number of benzene rings is 2. The Bertz CT molecular complexity index is 1370. The molecule has 5 rings (SSSR count). The van der Waals surface area contributed by atoms with Crippen LogP contribution < -0.4 is 5.32 Å². The van der Waals surface area contributed by atoms with Crippen LogP contribution in [0.5, 0.6) is 0 Å². The Morgan fingerprint density at radius 2 is 1.79 bits per heavy atom. The van der Waals surface area contributed by atoms with Gasteiger partial charge in [0.15, 0.2) is 5.65 Å². The highest BCUT2D eigenvalue weighted by atomic mass is 16.1. The van der Waals surface area contributed by atoms with Crippen LogP contribution >= 0.6 is 0 Å². The quantitative estimate of drug-likeness (QED) is 0.514. The Labute approximate surface area is 166 Å². The Hall–Kier alpha value is -4.00. The summed E-state index contributed by atoms with van der Waals surface area (Å²) in [6, 6.07) is 19.4. The molecule has 142 valence electrons. The predicted octanol–water partition coefficient (Wildman–Crippen LogP) is 3.87. The molecule has 0 aliphatic heterocycles. The lowest BCUT2D eigenvalue weighted by atomic mass is 10.2. The first-order valence-corrected chi connectivity index (χ1v) is 9.25. The van der Waals surface area contributed by atoms with Crippen LogP contribution in [-0.4, -0.2) is 30.2 Å². The van der Waals surface area contributed by atoms with Crippen LogP contribution in [-0.2, 0) is 7.05 Å². The first-order chi connectivity index (χ1) is 14.1. The SMILES string of the molecule is Cc1nn(C)c2ncc(C(=O)Nc3nc4ccccc4n3-c3ccccc3)cc12. The molecule has 0 aliphatic carbocycles. The molecule has 0 fully saturated rings. The van der Waals surface area contributed by atoms with E-state index in [0.29, 0.717) is 11.5 Å². The van der Waals surface area contributed by atoms with Gasteiger partial charge < -0.3 is 0 Å². The summed E-state index contributed by atoms with van der Waals surface area (Å²) < 4.78 is 3.65. The normalized spacial score (nSPS) is 11.2. The first kappa shape index (κ1) is 17.1. The van der Waals surface area contributed by atoms with E-state index in [-0.39, 0.29) is 5.91 Å². The summed E-state index contributed by atoms with van der Waals surface area (Å²) in [4.78, 5) is 22.0. The number of fused-ring (bicyclic) bond motifs is 2. The van der Waals surface area contributed by atoms with Crippen LogP contribution in [0.3, 0.4) is 0 Å². The molecule has 0 aliphatic rings. The number of carbonyl (C=O) groups excluding carboxylic acids is 1. The number of aryl methyl sites for hydroxylation is 2. The monoisotopic (exact) mass is 382 g/mol. The molecule has 5 aromatic rings. The van der Waals surface area contributed by atoms with Crippen molar-refractivity contribution in [3.8, 4) is 5.69 Å². The summed E-state index contributed by atoms with van der Waals surface area (Å²) in [6.45, 7) is 1.90. The maximum Gasteiger partial charge on any atom is 0.259 e. The highest BCUT2D eigenvalue weighted by molar-refractivity contribution is 6.05. The van der Waals surface area contributed by atoms with Gasteiger partial charge in [-0.05, 0) is 37.3 Å². The van der Waals surface area contributed by atoms with Gasteiger partial charge >= 0.3 is 0 Å². The summed E-state index contributed by atoms with van der Waals surface area (Å²) in [6.07, 6.45) is 1.56. The van der Waals surface area contributed by atoms with E-state index in [4.69, 9.17) is 0 Å². The Kier molecular flexibility index (Phi) is 3.87. The molecule has 0 unspecified atom stereocenters. The highest BCUT2D eigenvalue weighted by Gasteiger charge is 2.17. The lowest BCUT2D eigenvalue weighted by Gasteiger charge is -2.10.